The second-order valence-electron chi connectivity index (χ2n) is 5.68. The van der Waals surface area contributed by atoms with Crippen LogP contribution in [0.4, 0.5) is 0 Å². The minimum Gasteiger partial charge on any atom is -0.493 e. The maximum Gasteiger partial charge on any atom is 0.264 e. The van der Waals surface area contributed by atoms with Crippen molar-refractivity contribution in [3.8, 4) is 0 Å². The summed E-state index contributed by atoms with van der Waals surface area (Å²) >= 11 is 0. The average Bonchev–Trinajstić information content (AvgIpc) is 2.49. The van der Waals surface area contributed by atoms with Gasteiger partial charge >= 0.3 is 0 Å². The first kappa shape index (κ1) is 19.9. The van der Waals surface area contributed by atoms with E-state index in [1.165, 1.54) is 12.3 Å². The highest BCUT2D eigenvalue weighted by molar-refractivity contribution is 7.88. The standard InChI is InChI=1S/C15H21NO7S2/c1-24(17,18)16-13-8-9-22-14(15(13)23-25(2,19)20)11-21-10-12-6-4-3-5-7-12/h3-9,13-16H,10-11H2,1-2H3/t13-,14+,15+/m0/s1. The zero-order valence-corrected chi connectivity index (χ0v) is 15.5. The fraction of sp³-hybridized carbons (Fsp3) is 0.467. The molecule has 0 unspecified atom stereocenters. The van der Waals surface area contributed by atoms with Crippen LogP contribution in [0.15, 0.2) is 42.7 Å². The van der Waals surface area contributed by atoms with Crippen LogP contribution in [0.3, 0.4) is 0 Å². The highest BCUT2D eigenvalue weighted by atomic mass is 32.2. The third kappa shape index (κ3) is 7.12. The molecule has 2 rings (SSSR count). The Kier molecular flexibility index (Phi) is 6.58. The Balaban J connectivity index is 2.06. The van der Waals surface area contributed by atoms with Gasteiger partial charge in [-0.1, -0.05) is 30.3 Å². The van der Waals surface area contributed by atoms with Gasteiger partial charge in [-0.3, -0.25) is 4.18 Å². The highest BCUT2D eigenvalue weighted by Crippen LogP contribution is 2.19. The Morgan fingerprint density at radius 3 is 2.40 bits per heavy atom. The number of hydrogen-bond acceptors (Lipinski definition) is 7. The van der Waals surface area contributed by atoms with E-state index in [0.29, 0.717) is 6.61 Å². The second-order valence-corrected chi connectivity index (χ2v) is 9.07. The van der Waals surface area contributed by atoms with Gasteiger partial charge < -0.3 is 9.47 Å². The Labute approximate surface area is 148 Å². The van der Waals surface area contributed by atoms with Gasteiger partial charge in [-0.05, 0) is 11.6 Å². The van der Waals surface area contributed by atoms with Gasteiger partial charge in [-0.2, -0.15) is 8.42 Å². The van der Waals surface area contributed by atoms with Crippen molar-refractivity contribution in [1.29, 1.82) is 0 Å². The van der Waals surface area contributed by atoms with E-state index in [0.717, 1.165) is 18.1 Å². The predicted octanol–water partition coefficient (Wildman–Crippen LogP) is 0.378. The van der Waals surface area contributed by atoms with Crippen molar-refractivity contribution in [2.24, 2.45) is 0 Å². The molecule has 1 heterocycles. The molecule has 1 aromatic carbocycles. The molecule has 10 heteroatoms. The number of rotatable bonds is 8. The number of benzene rings is 1. The van der Waals surface area contributed by atoms with Crippen LogP contribution >= 0.6 is 0 Å². The van der Waals surface area contributed by atoms with Crippen molar-refractivity contribution in [3.05, 3.63) is 48.2 Å². The molecule has 3 atom stereocenters. The molecule has 1 aliphatic rings. The third-order valence-corrected chi connectivity index (χ3v) is 4.56. The lowest BCUT2D eigenvalue weighted by Gasteiger charge is -2.33. The van der Waals surface area contributed by atoms with E-state index in [1.807, 2.05) is 30.3 Å². The zero-order valence-electron chi connectivity index (χ0n) is 13.9. The summed E-state index contributed by atoms with van der Waals surface area (Å²) in [4.78, 5) is 0. The van der Waals surface area contributed by atoms with E-state index in [9.17, 15) is 16.8 Å². The van der Waals surface area contributed by atoms with Crippen LogP contribution in [0.2, 0.25) is 0 Å². The maximum atomic E-state index is 11.5. The molecular formula is C15H21NO7S2. The molecule has 0 saturated carbocycles. The summed E-state index contributed by atoms with van der Waals surface area (Å²) in [5.41, 5.74) is 0.945. The Morgan fingerprint density at radius 2 is 1.80 bits per heavy atom. The fourth-order valence-electron chi connectivity index (χ4n) is 2.33. The van der Waals surface area contributed by atoms with Crippen molar-refractivity contribution in [3.63, 3.8) is 0 Å². The molecule has 0 saturated heterocycles. The lowest BCUT2D eigenvalue weighted by atomic mass is 10.1. The van der Waals surface area contributed by atoms with Crippen molar-refractivity contribution in [2.75, 3.05) is 19.1 Å². The summed E-state index contributed by atoms with van der Waals surface area (Å²) in [7, 11) is -7.40. The van der Waals surface area contributed by atoms with Crippen molar-refractivity contribution in [2.45, 2.75) is 24.9 Å². The molecule has 25 heavy (non-hydrogen) atoms. The van der Waals surface area contributed by atoms with E-state index in [1.54, 1.807) is 0 Å². The summed E-state index contributed by atoms with van der Waals surface area (Å²) in [6.45, 7) is 0.335. The molecule has 0 radical (unpaired) electrons. The first-order valence-corrected chi connectivity index (χ1v) is 11.1. The summed E-state index contributed by atoms with van der Waals surface area (Å²) in [6.07, 6.45) is 2.71. The summed E-state index contributed by atoms with van der Waals surface area (Å²) in [5.74, 6) is 0. The quantitative estimate of drug-likeness (QED) is 0.638. The molecule has 0 bridgehead atoms. The lowest BCUT2D eigenvalue weighted by Crippen LogP contribution is -2.52. The van der Waals surface area contributed by atoms with Crippen molar-refractivity contribution in [1.82, 2.24) is 4.72 Å². The van der Waals surface area contributed by atoms with Crippen molar-refractivity contribution >= 4 is 20.1 Å². The van der Waals surface area contributed by atoms with Crippen molar-refractivity contribution < 1.29 is 30.5 Å². The molecule has 1 aromatic rings. The third-order valence-electron chi connectivity index (χ3n) is 3.29. The molecule has 0 aliphatic carbocycles. The van der Waals surface area contributed by atoms with Gasteiger partial charge in [-0.15, -0.1) is 0 Å². The number of sulfonamides is 1. The fourth-order valence-corrected chi connectivity index (χ4v) is 3.68. The second kappa shape index (κ2) is 8.28. The Hall–Kier alpha value is -1.46. The van der Waals surface area contributed by atoms with Crippen LogP contribution in [0.25, 0.3) is 0 Å². The van der Waals surface area contributed by atoms with Gasteiger partial charge in [-0.25, -0.2) is 13.1 Å². The lowest BCUT2D eigenvalue weighted by molar-refractivity contribution is -0.0512. The SMILES string of the molecule is CS(=O)(=O)N[C@H]1C=CO[C@H](COCc2ccccc2)[C@@H]1OS(C)(=O)=O. The molecule has 1 N–H and O–H groups in total. The average molecular weight is 391 g/mol. The smallest absolute Gasteiger partial charge is 0.264 e. The van der Waals surface area contributed by atoms with Crippen LogP contribution in [-0.4, -0.2) is 54.2 Å². The van der Waals surface area contributed by atoms with Crippen LogP contribution in [-0.2, 0) is 40.4 Å². The number of nitrogens with one attached hydrogen (secondary N) is 1. The van der Waals surface area contributed by atoms with E-state index < -0.39 is 38.4 Å². The summed E-state index contributed by atoms with van der Waals surface area (Å²) in [5, 5.41) is 0. The van der Waals surface area contributed by atoms with E-state index in [2.05, 4.69) is 4.72 Å². The van der Waals surface area contributed by atoms with Crippen LogP contribution in [0, 0.1) is 0 Å². The predicted molar refractivity (Wildman–Crippen MR) is 91.6 cm³/mol. The molecule has 0 aromatic heterocycles. The Bertz CT molecular complexity index is 790. The molecule has 8 nitrogen and oxygen atoms in total. The maximum absolute atomic E-state index is 11.5. The summed E-state index contributed by atoms with van der Waals surface area (Å²) in [6, 6.07) is 8.53. The minimum atomic E-state index is -3.83. The molecular weight excluding hydrogens is 370 g/mol. The first-order chi connectivity index (χ1) is 11.6. The van der Waals surface area contributed by atoms with Gasteiger partial charge in [0, 0.05) is 0 Å². The van der Waals surface area contributed by atoms with Gasteiger partial charge in [0.2, 0.25) is 10.0 Å². The topological polar surface area (TPSA) is 108 Å². The monoisotopic (exact) mass is 391 g/mol. The Morgan fingerprint density at radius 1 is 1.12 bits per heavy atom. The molecule has 0 fully saturated rings. The number of hydrogen-bond donors (Lipinski definition) is 1. The van der Waals surface area contributed by atoms with Crippen LogP contribution in [0.1, 0.15) is 5.56 Å². The molecule has 0 spiro atoms. The largest absolute Gasteiger partial charge is 0.493 e. The van der Waals surface area contributed by atoms with Crippen LogP contribution < -0.4 is 4.72 Å². The zero-order chi connectivity index (χ0) is 18.5. The van der Waals surface area contributed by atoms with E-state index in [-0.39, 0.29) is 6.61 Å². The van der Waals surface area contributed by atoms with Gasteiger partial charge in [0.25, 0.3) is 10.1 Å². The highest BCUT2D eigenvalue weighted by Gasteiger charge is 2.37. The van der Waals surface area contributed by atoms with Gasteiger partial charge in [0.1, 0.15) is 6.10 Å². The van der Waals surface area contributed by atoms with E-state index in [4.69, 9.17) is 13.7 Å². The van der Waals surface area contributed by atoms with Gasteiger partial charge in [0.15, 0.2) is 6.10 Å². The van der Waals surface area contributed by atoms with E-state index >= 15 is 0 Å². The molecule has 140 valence electrons. The van der Waals surface area contributed by atoms with Gasteiger partial charge in [0.05, 0.1) is 38.0 Å². The molecule has 0 amide bonds. The molecule has 1 aliphatic heterocycles. The minimum absolute atomic E-state index is 0.0291. The summed E-state index contributed by atoms with van der Waals surface area (Å²) < 4.78 is 64.4. The number of ether oxygens (including phenoxy) is 2. The normalized spacial score (nSPS) is 24.0. The van der Waals surface area contributed by atoms with Crippen LogP contribution in [0.5, 0.6) is 0 Å². The first-order valence-electron chi connectivity index (χ1n) is 7.43.